The smallest absolute Gasteiger partial charge is 0.350 e. The minimum Gasteiger partial charge on any atom is -0.350 e. The minimum atomic E-state index is -4.48. The molecule has 0 aliphatic heterocycles. The number of rotatable bonds is 7. The van der Waals surface area contributed by atoms with Crippen molar-refractivity contribution in [3.05, 3.63) is 54.1 Å². The van der Waals surface area contributed by atoms with E-state index in [9.17, 15) is 22.6 Å². The van der Waals surface area contributed by atoms with Crippen LogP contribution in [0.4, 0.5) is 0 Å². The van der Waals surface area contributed by atoms with Crippen LogP contribution < -0.4 is 14.6 Å². The van der Waals surface area contributed by atoms with Gasteiger partial charge < -0.3 is 10.6 Å². The molecule has 0 fully saturated rings. The highest BCUT2D eigenvalue weighted by molar-refractivity contribution is 7.84. The number of imidazole rings is 1. The van der Waals surface area contributed by atoms with Crippen molar-refractivity contribution in [2.24, 2.45) is 0 Å². The second-order valence-electron chi connectivity index (χ2n) is 6.26. The molecule has 0 aliphatic carbocycles. The van der Waals surface area contributed by atoms with Gasteiger partial charge in [0.25, 0.3) is 0 Å². The number of carbonyl (C=O) groups is 2. The van der Waals surface area contributed by atoms with Crippen molar-refractivity contribution < 1.29 is 22.6 Å². The van der Waals surface area contributed by atoms with Crippen LogP contribution in [0.3, 0.4) is 0 Å². The number of benzene rings is 1. The maximum absolute atomic E-state index is 12.6. The summed E-state index contributed by atoms with van der Waals surface area (Å²) in [6, 6.07) is 8.10. The number of aromatic nitrogens is 2. The average molecular weight is 396 g/mol. The van der Waals surface area contributed by atoms with Crippen LogP contribution in [0.15, 0.2) is 42.9 Å². The molecule has 0 saturated heterocycles. The van der Waals surface area contributed by atoms with E-state index in [0.717, 1.165) is 16.6 Å². The second-order valence-corrected chi connectivity index (χ2v) is 8.05. The Balaban J connectivity index is 2.24. The number of nitrogens with zero attached hydrogens (tertiary/aromatic N) is 3. The maximum Gasteiger partial charge on any atom is 0.456 e. The Morgan fingerprint density at radius 2 is 1.89 bits per heavy atom. The monoisotopic (exact) mass is 396 g/mol. The highest BCUT2D eigenvalue weighted by atomic mass is 32.2. The molecule has 2 rings (SSSR count). The average Bonchev–Trinajstić information content (AvgIpc) is 3.07. The van der Waals surface area contributed by atoms with E-state index in [2.05, 4.69) is 15.6 Å². The van der Waals surface area contributed by atoms with Gasteiger partial charge in [-0.3, -0.25) is 9.59 Å². The third kappa shape index (κ3) is 4.90. The van der Waals surface area contributed by atoms with Gasteiger partial charge in [-0.2, -0.15) is 4.68 Å². The van der Waals surface area contributed by atoms with Gasteiger partial charge in [0.05, 0.1) is 11.9 Å². The first-order valence-electron chi connectivity index (χ1n) is 7.97. The lowest BCUT2D eigenvalue weighted by atomic mass is 10.2. The standard InChI is InChI=1S/C16H21N5O5S/c1-12(22)19-15(16(23)17-9-13-7-5-4-6-8-13)14-10-20(11-18-14)21(2,3)27(24,25)26/h4-8,10-11,15H,9H2,1-3H3,(H2-,17,19,22,23,24,25,26)/p+1. The predicted octanol–water partition coefficient (Wildman–Crippen LogP) is -0.122. The van der Waals surface area contributed by atoms with Crippen molar-refractivity contribution in [1.82, 2.24) is 24.3 Å². The lowest BCUT2D eigenvalue weighted by molar-refractivity contribution is -0.128. The summed E-state index contributed by atoms with van der Waals surface area (Å²) < 4.78 is 32.6. The Bertz CT molecular complexity index is 924. The van der Waals surface area contributed by atoms with E-state index in [4.69, 9.17) is 0 Å². The summed E-state index contributed by atoms with van der Waals surface area (Å²) in [5, 5.41) is 5.20. The van der Waals surface area contributed by atoms with E-state index >= 15 is 0 Å². The van der Waals surface area contributed by atoms with E-state index in [1.54, 1.807) is 0 Å². The molecule has 146 valence electrons. The van der Waals surface area contributed by atoms with Crippen molar-refractivity contribution >= 4 is 22.1 Å². The first-order valence-corrected chi connectivity index (χ1v) is 9.37. The van der Waals surface area contributed by atoms with Crippen LogP contribution in [0, 0.1) is 0 Å². The van der Waals surface area contributed by atoms with E-state index in [1.165, 1.54) is 27.2 Å². The third-order valence-corrected chi connectivity index (χ3v) is 5.24. The molecular weight excluding hydrogens is 374 g/mol. The summed E-state index contributed by atoms with van der Waals surface area (Å²) in [5.41, 5.74) is 1.01. The Kier molecular flexibility index (Phi) is 5.98. The number of amides is 2. The first kappa shape index (κ1) is 20.6. The normalized spacial score (nSPS) is 13.0. The molecule has 1 heterocycles. The third-order valence-electron chi connectivity index (χ3n) is 3.93. The first-order chi connectivity index (χ1) is 12.5. The van der Waals surface area contributed by atoms with Crippen LogP contribution in [-0.4, -0.2) is 48.5 Å². The molecule has 3 N–H and O–H groups in total. The van der Waals surface area contributed by atoms with Gasteiger partial charge in [0.1, 0.15) is 20.4 Å². The zero-order chi connectivity index (χ0) is 20.2. The van der Waals surface area contributed by atoms with E-state index < -0.39 is 32.2 Å². The molecule has 1 aromatic heterocycles. The molecule has 1 unspecified atom stereocenters. The lowest BCUT2D eigenvalue weighted by Gasteiger charge is -2.24. The van der Waals surface area contributed by atoms with Crippen molar-refractivity contribution in [3.8, 4) is 0 Å². The zero-order valence-corrected chi connectivity index (χ0v) is 16.0. The topological polar surface area (TPSA) is 130 Å². The van der Waals surface area contributed by atoms with Crippen LogP contribution in [0.2, 0.25) is 0 Å². The van der Waals surface area contributed by atoms with Gasteiger partial charge >= 0.3 is 10.3 Å². The Morgan fingerprint density at radius 3 is 2.44 bits per heavy atom. The molecule has 0 radical (unpaired) electrons. The minimum absolute atomic E-state index is 0.130. The number of hydrogen-bond donors (Lipinski definition) is 3. The molecule has 1 atom stereocenters. The fourth-order valence-electron chi connectivity index (χ4n) is 2.22. The number of carbonyl (C=O) groups excluding carboxylic acids is 2. The molecule has 1 aromatic carbocycles. The second kappa shape index (κ2) is 7.86. The molecule has 0 spiro atoms. The summed E-state index contributed by atoms with van der Waals surface area (Å²) >= 11 is 0. The number of hydrogen-bond acceptors (Lipinski definition) is 5. The summed E-state index contributed by atoms with van der Waals surface area (Å²) in [4.78, 5) is 28.1. The summed E-state index contributed by atoms with van der Waals surface area (Å²) in [5.74, 6) is -0.954. The van der Waals surface area contributed by atoms with Crippen LogP contribution >= 0.6 is 0 Å². The van der Waals surface area contributed by atoms with Gasteiger partial charge in [-0.15, -0.1) is 8.42 Å². The summed E-state index contributed by atoms with van der Waals surface area (Å²) in [6.07, 6.45) is 2.43. The summed E-state index contributed by atoms with van der Waals surface area (Å²) in [7, 11) is -2.03. The molecule has 10 nitrogen and oxygen atoms in total. The molecule has 0 saturated carbocycles. The molecule has 27 heavy (non-hydrogen) atoms. The van der Waals surface area contributed by atoms with Gasteiger partial charge in [0, 0.05) is 13.5 Å². The maximum atomic E-state index is 12.6. The van der Waals surface area contributed by atoms with Gasteiger partial charge in [-0.05, 0) is 5.56 Å². The van der Waals surface area contributed by atoms with Gasteiger partial charge in [0.2, 0.25) is 11.8 Å². The fourth-order valence-corrected chi connectivity index (χ4v) is 2.55. The van der Waals surface area contributed by atoms with E-state index in [1.807, 2.05) is 30.3 Å². The molecule has 0 bridgehead atoms. The molecule has 0 aliphatic rings. The predicted molar refractivity (Wildman–Crippen MR) is 98.0 cm³/mol. The zero-order valence-electron chi connectivity index (χ0n) is 15.2. The SMILES string of the molecule is CC(=O)NC(C(=O)NCc1ccccc1)c1cn([N+](C)(C)S(=O)(=O)O)cn1. The van der Waals surface area contributed by atoms with Crippen molar-refractivity contribution in [2.45, 2.75) is 19.5 Å². The molecule has 2 amide bonds. The van der Waals surface area contributed by atoms with Crippen molar-refractivity contribution in [1.29, 1.82) is 0 Å². The van der Waals surface area contributed by atoms with Crippen LogP contribution in [0.1, 0.15) is 24.2 Å². The van der Waals surface area contributed by atoms with Crippen LogP contribution in [0.5, 0.6) is 0 Å². The van der Waals surface area contributed by atoms with Gasteiger partial charge in [-0.25, -0.2) is 9.54 Å². The quantitative estimate of drug-likeness (QED) is 0.442. The van der Waals surface area contributed by atoms with Crippen LogP contribution in [0.25, 0.3) is 0 Å². The Labute approximate surface area is 157 Å². The molecule has 11 heteroatoms. The molecular formula is C16H22N5O5S+. The van der Waals surface area contributed by atoms with Gasteiger partial charge in [0.15, 0.2) is 6.04 Å². The highest BCUT2D eigenvalue weighted by Gasteiger charge is 2.35. The fraction of sp³-hybridized carbons (Fsp3) is 0.312. The van der Waals surface area contributed by atoms with E-state index in [0.29, 0.717) is 0 Å². The Hall–Kier alpha value is -2.76. The van der Waals surface area contributed by atoms with E-state index in [-0.39, 0.29) is 12.2 Å². The van der Waals surface area contributed by atoms with Crippen molar-refractivity contribution in [3.63, 3.8) is 0 Å². The number of nitrogens with one attached hydrogen (secondary N) is 2. The van der Waals surface area contributed by atoms with Gasteiger partial charge in [-0.1, -0.05) is 34.3 Å². The Morgan fingerprint density at radius 1 is 1.26 bits per heavy atom. The summed E-state index contributed by atoms with van der Waals surface area (Å²) in [6.45, 7) is 1.51. The number of quaternary nitrogens is 1. The van der Waals surface area contributed by atoms with Crippen LogP contribution in [-0.2, 0) is 26.4 Å². The van der Waals surface area contributed by atoms with Crippen molar-refractivity contribution in [2.75, 3.05) is 14.1 Å². The highest BCUT2D eigenvalue weighted by Crippen LogP contribution is 2.14. The lowest BCUT2D eigenvalue weighted by Crippen LogP contribution is -2.54. The largest absolute Gasteiger partial charge is 0.456 e. The molecule has 2 aromatic rings.